The summed E-state index contributed by atoms with van der Waals surface area (Å²) >= 11 is 1.69. The van der Waals surface area contributed by atoms with Gasteiger partial charge in [-0.1, -0.05) is 24.3 Å². The first-order valence-corrected chi connectivity index (χ1v) is 10.8. The van der Waals surface area contributed by atoms with Gasteiger partial charge in [0, 0.05) is 49.1 Å². The minimum Gasteiger partial charge on any atom is -0.294 e. The van der Waals surface area contributed by atoms with Crippen molar-refractivity contribution in [1.82, 2.24) is 24.6 Å². The molecule has 0 N–H and O–H groups in total. The van der Waals surface area contributed by atoms with E-state index in [1.54, 1.807) is 11.3 Å². The number of para-hydroxylation sites is 1. The molecule has 1 aliphatic rings. The number of hydrogen-bond donors (Lipinski definition) is 0. The molecule has 0 fully saturated rings. The quantitative estimate of drug-likeness (QED) is 0.503. The van der Waals surface area contributed by atoms with Crippen LogP contribution in [0.4, 0.5) is 0 Å². The lowest BCUT2D eigenvalue weighted by Gasteiger charge is -2.27. The van der Waals surface area contributed by atoms with Crippen molar-refractivity contribution in [1.29, 1.82) is 0 Å². The Kier molecular flexibility index (Phi) is 4.73. The first-order chi connectivity index (χ1) is 14.2. The van der Waals surface area contributed by atoms with Crippen LogP contribution in [0.15, 0.2) is 54.2 Å². The topological polar surface area (TPSA) is 46.8 Å². The molecule has 0 saturated heterocycles. The predicted octanol–water partition coefficient (Wildman–Crippen LogP) is 4.57. The van der Waals surface area contributed by atoms with Crippen LogP contribution >= 0.6 is 11.3 Å². The highest BCUT2D eigenvalue weighted by Gasteiger charge is 2.21. The molecule has 0 aliphatic carbocycles. The summed E-state index contributed by atoms with van der Waals surface area (Å²) in [6.07, 6.45) is 4.97. The van der Waals surface area contributed by atoms with Gasteiger partial charge in [-0.05, 0) is 36.9 Å². The van der Waals surface area contributed by atoms with Gasteiger partial charge in [-0.2, -0.15) is 5.10 Å². The van der Waals surface area contributed by atoms with Crippen LogP contribution in [-0.2, 0) is 19.5 Å². The number of thiophene rings is 1. The Morgan fingerprint density at radius 1 is 1.07 bits per heavy atom. The fraction of sp³-hybridized carbons (Fsp3) is 0.261. The fourth-order valence-corrected chi connectivity index (χ4v) is 4.58. The second kappa shape index (κ2) is 7.54. The first-order valence-electron chi connectivity index (χ1n) is 9.89. The van der Waals surface area contributed by atoms with E-state index in [1.165, 1.54) is 28.1 Å². The molecule has 0 saturated carbocycles. The molecule has 0 bridgehead atoms. The molecule has 146 valence electrons. The summed E-state index contributed by atoms with van der Waals surface area (Å²) in [5, 5.41) is 6.73. The summed E-state index contributed by atoms with van der Waals surface area (Å²) in [6.45, 7) is 7.06. The molecule has 5 nitrogen and oxygen atoms in total. The Bertz CT molecular complexity index is 1150. The van der Waals surface area contributed by atoms with E-state index in [2.05, 4.69) is 69.2 Å². The van der Waals surface area contributed by atoms with Crippen LogP contribution < -0.4 is 0 Å². The van der Waals surface area contributed by atoms with Crippen molar-refractivity contribution in [2.24, 2.45) is 0 Å². The van der Waals surface area contributed by atoms with Gasteiger partial charge in [0.1, 0.15) is 0 Å². The smallest absolute Gasteiger partial charge is 0.169 e. The highest BCUT2D eigenvalue weighted by atomic mass is 32.1. The Labute approximate surface area is 174 Å². The summed E-state index contributed by atoms with van der Waals surface area (Å²) in [6, 6.07) is 12.5. The summed E-state index contributed by atoms with van der Waals surface area (Å²) in [5.74, 6) is 0.850. The average Bonchev–Trinajstić information content (AvgIpc) is 3.39. The third kappa shape index (κ3) is 3.50. The van der Waals surface area contributed by atoms with E-state index in [9.17, 15) is 0 Å². The number of benzene rings is 1. The van der Waals surface area contributed by atoms with Crippen molar-refractivity contribution in [2.45, 2.75) is 33.4 Å². The maximum atomic E-state index is 4.82. The summed E-state index contributed by atoms with van der Waals surface area (Å²) in [5.41, 5.74) is 7.28. The molecule has 4 aromatic rings. The van der Waals surface area contributed by atoms with Crippen LogP contribution in [0.25, 0.3) is 16.4 Å². The first kappa shape index (κ1) is 18.2. The lowest BCUT2D eigenvalue weighted by atomic mass is 10.1. The van der Waals surface area contributed by atoms with E-state index in [4.69, 9.17) is 4.98 Å². The Morgan fingerprint density at radius 3 is 2.79 bits per heavy atom. The number of rotatable bonds is 4. The maximum absolute atomic E-state index is 4.82. The zero-order chi connectivity index (χ0) is 19.8. The Balaban J connectivity index is 1.34. The largest absolute Gasteiger partial charge is 0.294 e. The Hall–Kier alpha value is -2.83. The number of aryl methyl sites for hydroxylation is 1. The van der Waals surface area contributed by atoms with Gasteiger partial charge < -0.3 is 0 Å². The number of nitrogens with zero attached hydrogens (tertiary/aromatic N) is 5. The molecule has 0 unspecified atom stereocenters. The molecule has 3 aromatic heterocycles. The van der Waals surface area contributed by atoms with E-state index >= 15 is 0 Å². The molecule has 29 heavy (non-hydrogen) atoms. The predicted molar refractivity (Wildman–Crippen MR) is 116 cm³/mol. The lowest BCUT2D eigenvalue weighted by molar-refractivity contribution is 0.242. The molecule has 4 heterocycles. The molecule has 5 rings (SSSR count). The molecule has 0 radical (unpaired) electrons. The van der Waals surface area contributed by atoms with Crippen molar-refractivity contribution in [2.75, 3.05) is 6.54 Å². The van der Waals surface area contributed by atoms with Crippen molar-refractivity contribution >= 4 is 11.3 Å². The molecule has 1 aromatic carbocycles. The lowest BCUT2D eigenvalue weighted by Crippen LogP contribution is -2.31. The van der Waals surface area contributed by atoms with E-state index in [-0.39, 0.29) is 0 Å². The van der Waals surface area contributed by atoms with Gasteiger partial charge >= 0.3 is 0 Å². The molecule has 0 amide bonds. The minimum atomic E-state index is 0.850. The summed E-state index contributed by atoms with van der Waals surface area (Å²) < 4.78 is 2.05. The van der Waals surface area contributed by atoms with Crippen LogP contribution in [0.3, 0.4) is 0 Å². The number of hydrogen-bond acceptors (Lipinski definition) is 5. The van der Waals surface area contributed by atoms with Crippen LogP contribution in [-0.4, -0.2) is 31.2 Å². The number of aromatic nitrogens is 4. The second-order valence-electron chi connectivity index (χ2n) is 7.56. The summed E-state index contributed by atoms with van der Waals surface area (Å²) in [7, 11) is 0. The van der Waals surface area contributed by atoms with Crippen molar-refractivity contribution in [3.63, 3.8) is 0 Å². The molecule has 0 spiro atoms. The van der Waals surface area contributed by atoms with E-state index in [0.717, 1.165) is 42.4 Å². The van der Waals surface area contributed by atoms with Gasteiger partial charge in [-0.25, -0.2) is 14.6 Å². The van der Waals surface area contributed by atoms with Crippen LogP contribution in [0, 0.1) is 13.8 Å². The fourth-order valence-electron chi connectivity index (χ4n) is 3.92. The van der Waals surface area contributed by atoms with Gasteiger partial charge in [0.05, 0.1) is 22.5 Å². The average molecular weight is 402 g/mol. The van der Waals surface area contributed by atoms with Gasteiger partial charge in [-0.3, -0.25) is 4.90 Å². The minimum absolute atomic E-state index is 0.850. The van der Waals surface area contributed by atoms with Crippen molar-refractivity contribution in [3.05, 3.63) is 82.3 Å². The Morgan fingerprint density at radius 2 is 1.97 bits per heavy atom. The standard InChI is InChI=1S/C23H23N5S/c1-16-6-3-4-7-21(16)28-17(2)18(13-25-28)14-27-10-9-20-19(15-27)12-24-23(26-20)22-8-5-11-29-22/h3-8,11-13H,9-10,14-15H2,1-2H3. The van der Waals surface area contributed by atoms with Crippen LogP contribution in [0.2, 0.25) is 0 Å². The van der Waals surface area contributed by atoms with E-state index < -0.39 is 0 Å². The zero-order valence-electron chi connectivity index (χ0n) is 16.7. The van der Waals surface area contributed by atoms with E-state index in [0.29, 0.717) is 0 Å². The molecule has 1 aliphatic heterocycles. The van der Waals surface area contributed by atoms with Crippen LogP contribution in [0.1, 0.15) is 28.1 Å². The third-order valence-corrected chi connectivity index (χ3v) is 6.47. The highest BCUT2D eigenvalue weighted by Crippen LogP contribution is 2.25. The third-order valence-electron chi connectivity index (χ3n) is 5.60. The van der Waals surface area contributed by atoms with Gasteiger partial charge in [-0.15, -0.1) is 11.3 Å². The molecule has 0 atom stereocenters. The zero-order valence-corrected chi connectivity index (χ0v) is 17.5. The molecule has 6 heteroatoms. The molecular weight excluding hydrogens is 378 g/mol. The monoisotopic (exact) mass is 401 g/mol. The maximum Gasteiger partial charge on any atom is 0.169 e. The van der Waals surface area contributed by atoms with E-state index in [1.807, 2.05) is 18.5 Å². The van der Waals surface area contributed by atoms with Gasteiger partial charge in [0.15, 0.2) is 5.82 Å². The van der Waals surface area contributed by atoms with Crippen molar-refractivity contribution < 1.29 is 0 Å². The SMILES string of the molecule is Cc1ccccc1-n1ncc(CN2CCc3nc(-c4cccs4)ncc3C2)c1C. The normalized spacial score (nSPS) is 14.1. The number of fused-ring (bicyclic) bond motifs is 1. The molecular formula is C23H23N5S. The van der Waals surface area contributed by atoms with Crippen molar-refractivity contribution in [3.8, 4) is 16.4 Å². The van der Waals surface area contributed by atoms with Gasteiger partial charge in [0.25, 0.3) is 0 Å². The second-order valence-corrected chi connectivity index (χ2v) is 8.50. The van der Waals surface area contributed by atoms with Crippen LogP contribution in [0.5, 0.6) is 0 Å². The van der Waals surface area contributed by atoms with Gasteiger partial charge in [0.2, 0.25) is 0 Å². The highest BCUT2D eigenvalue weighted by molar-refractivity contribution is 7.13. The summed E-state index contributed by atoms with van der Waals surface area (Å²) in [4.78, 5) is 13.0.